The van der Waals surface area contributed by atoms with Gasteiger partial charge < -0.3 is 14.7 Å². The van der Waals surface area contributed by atoms with Crippen LogP contribution < -0.4 is 4.74 Å². The quantitative estimate of drug-likeness (QED) is 0.873. The molecule has 0 aromatic heterocycles. The molecule has 1 atom stereocenters. The standard InChI is InChI=1S/C17H21NO2/c1-18(2)13-12-17(19)14-8-10-16(11-9-14)20-15-6-4-3-5-7-15/h3-11,17,19H,12-13H2,1-2H3. The van der Waals surface area contributed by atoms with E-state index in [1.807, 2.05) is 68.7 Å². The fraction of sp³-hybridized carbons (Fsp3) is 0.294. The van der Waals surface area contributed by atoms with Gasteiger partial charge in [0.1, 0.15) is 11.5 Å². The maximum absolute atomic E-state index is 10.1. The summed E-state index contributed by atoms with van der Waals surface area (Å²) >= 11 is 0. The molecule has 0 bridgehead atoms. The lowest BCUT2D eigenvalue weighted by Crippen LogP contribution is -2.15. The summed E-state index contributed by atoms with van der Waals surface area (Å²) in [6, 6.07) is 17.3. The number of ether oxygens (including phenoxy) is 1. The predicted molar refractivity (Wildman–Crippen MR) is 81.1 cm³/mol. The third-order valence-corrected chi connectivity index (χ3v) is 3.09. The highest BCUT2D eigenvalue weighted by Gasteiger charge is 2.08. The molecular formula is C17H21NO2. The van der Waals surface area contributed by atoms with Gasteiger partial charge in [0.2, 0.25) is 0 Å². The van der Waals surface area contributed by atoms with Gasteiger partial charge in [0.25, 0.3) is 0 Å². The highest BCUT2D eigenvalue weighted by Crippen LogP contribution is 2.24. The van der Waals surface area contributed by atoms with E-state index >= 15 is 0 Å². The third-order valence-electron chi connectivity index (χ3n) is 3.09. The molecule has 0 aliphatic heterocycles. The molecule has 1 N–H and O–H groups in total. The molecule has 0 radical (unpaired) electrons. The maximum atomic E-state index is 10.1. The van der Waals surface area contributed by atoms with Crippen LogP contribution in [0.1, 0.15) is 18.1 Å². The Balaban J connectivity index is 1.96. The van der Waals surface area contributed by atoms with E-state index in [1.54, 1.807) is 0 Å². The van der Waals surface area contributed by atoms with Crippen LogP contribution in [0.5, 0.6) is 11.5 Å². The molecule has 2 aromatic carbocycles. The van der Waals surface area contributed by atoms with Gasteiger partial charge in [-0.05, 0) is 50.3 Å². The number of aliphatic hydroxyl groups is 1. The molecule has 3 heteroatoms. The van der Waals surface area contributed by atoms with Crippen molar-refractivity contribution < 1.29 is 9.84 Å². The summed E-state index contributed by atoms with van der Waals surface area (Å²) < 4.78 is 5.72. The Morgan fingerprint density at radius 1 is 0.950 bits per heavy atom. The largest absolute Gasteiger partial charge is 0.457 e. The highest BCUT2D eigenvalue weighted by atomic mass is 16.5. The second-order valence-electron chi connectivity index (χ2n) is 5.09. The highest BCUT2D eigenvalue weighted by molar-refractivity contribution is 5.33. The van der Waals surface area contributed by atoms with Gasteiger partial charge in [-0.25, -0.2) is 0 Å². The monoisotopic (exact) mass is 271 g/mol. The van der Waals surface area contributed by atoms with E-state index in [1.165, 1.54) is 0 Å². The third kappa shape index (κ3) is 4.37. The molecule has 2 rings (SSSR count). The molecule has 2 aromatic rings. The van der Waals surface area contributed by atoms with Gasteiger partial charge in [-0.3, -0.25) is 0 Å². The summed E-state index contributed by atoms with van der Waals surface area (Å²) in [5, 5.41) is 10.1. The number of nitrogens with zero attached hydrogens (tertiary/aromatic N) is 1. The van der Waals surface area contributed by atoms with Crippen LogP contribution in [-0.4, -0.2) is 30.6 Å². The molecule has 0 heterocycles. The average Bonchev–Trinajstić information content (AvgIpc) is 2.46. The van der Waals surface area contributed by atoms with E-state index in [-0.39, 0.29) is 0 Å². The smallest absolute Gasteiger partial charge is 0.127 e. The fourth-order valence-corrected chi connectivity index (χ4v) is 1.93. The molecule has 0 saturated heterocycles. The van der Waals surface area contributed by atoms with Crippen LogP contribution in [0.4, 0.5) is 0 Å². The van der Waals surface area contributed by atoms with Gasteiger partial charge in [-0.2, -0.15) is 0 Å². The number of hydrogen-bond donors (Lipinski definition) is 1. The summed E-state index contributed by atoms with van der Waals surface area (Å²) in [7, 11) is 4.01. The molecule has 20 heavy (non-hydrogen) atoms. The Bertz CT molecular complexity index is 508. The van der Waals surface area contributed by atoms with Crippen LogP contribution >= 0.6 is 0 Å². The predicted octanol–water partition coefficient (Wildman–Crippen LogP) is 3.46. The molecule has 0 amide bonds. The van der Waals surface area contributed by atoms with Gasteiger partial charge in [-0.15, -0.1) is 0 Å². The first kappa shape index (κ1) is 14.6. The minimum absolute atomic E-state index is 0.428. The van der Waals surface area contributed by atoms with Crippen LogP contribution in [0.25, 0.3) is 0 Å². The van der Waals surface area contributed by atoms with Crippen LogP contribution in [0.15, 0.2) is 54.6 Å². The van der Waals surface area contributed by atoms with Crippen molar-refractivity contribution in [1.82, 2.24) is 4.90 Å². The molecule has 0 spiro atoms. The number of benzene rings is 2. The van der Waals surface area contributed by atoms with E-state index in [0.717, 1.165) is 30.0 Å². The molecule has 106 valence electrons. The molecule has 1 unspecified atom stereocenters. The van der Waals surface area contributed by atoms with Crippen LogP contribution in [0, 0.1) is 0 Å². The topological polar surface area (TPSA) is 32.7 Å². The SMILES string of the molecule is CN(C)CCC(O)c1ccc(Oc2ccccc2)cc1. The number of hydrogen-bond acceptors (Lipinski definition) is 3. The van der Waals surface area contributed by atoms with E-state index in [0.29, 0.717) is 0 Å². The number of rotatable bonds is 6. The van der Waals surface area contributed by atoms with Gasteiger partial charge in [0.15, 0.2) is 0 Å². The summed E-state index contributed by atoms with van der Waals surface area (Å²) in [6.45, 7) is 0.865. The fourth-order valence-electron chi connectivity index (χ4n) is 1.93. The molecular weight excluding hydrogens is 250 g/mol. The van der Waals surface area contributed by atoms with Crippen molar-refractivity contribution >= 4 is 0 Å². The van der Waals surface area contributed by atoms with Gasteiger partial charge in [-0.1, -0.05) is 30.3 Å². The van der Waals surface area contributed by atoms with Crippen molar-refractivity contribution in [3.05, 3.63) is 60.2 Å². The van der Waals surface area contributed by atoms with Crippen LogP contribution in [-0.2, 0) is 0 Å². The van der Waals surface area contributed by atoms with Crippen molar-refractivity contribution in [3.63, 3.8) is 0 Å². The molecule has 0 aliphatic carbocycles. The zero-order valence-electron chi connectivity index (χ0n) is 12.0. The Labute approximate surface area is 120 Å². The zero-order valence-corrected chi connectivity index (χ0v) is 12.0. The summed E-state index contributed by atoms with van der Waals surface area (Å²) in [5.41, 5.74) is 0.923. The average molecular weight is 271 g/mol. The van der Waals surface area contributed by atoms with Crippen molar-refractivity contribution in [1.29, 1.82) is 0 Å². The molecule has 0 saturated carbocycles. The van der Waals surface area contributed by atoms with Crippen molar-refractivity contribution in [2.24, 2.45) is 0 Å². The summed E-state index contributed by atoms with van der Waals surface area (Å²) in [6.07, 6.45) is 0.300. The Kier molecular flexibility index (Phi) is 5.16. The van der Waals surface area contributed by atoms with E-state index in [4.69, 9.17) is 4.74 Å². The van der Waals surface area contributed by atoms with Crippen molar-refractivity contribution in [3.8, 4) is 11.5 Å². The Morgan fingerprint density at radius 2 is 1.55 bits per heavy atom. The van der Waals surface area contributed by atoms with Crippen LogP contribution in [0.2, 0.25) is 0 Å². The minimum Gasteiger partial charge on any atom is -0.457 e. The maximum Gasteiger partial charge on any atom is 0.127 e. The molecule has 0 fully saturated rings. The summed E-state index contributed by atoms with van der Waals surface area (Å²) in [5.74, 6) is 1.59. The van der Waals surface area contributed by atoms with E-state index in [9.17, 15) is 5.11 Å². The number of para-hydroxylation sites is 1. The zero-order chi connectivity index (χ0) is 14.4. The molecule has 0 aliphatic rings. The first-order valence-electron chi connectivity index (χ1n) is 6.81. The van der Waals surface area contributed by atoms with Crippen molar-refractivity contribution in [2.45, 2.75) is 12.5 Å². The first-order valence-corrected chi connectivity index (χ1v) is 6.81. The van der Waals surface area contributed by atoms with E-state index < -0.39 is 6.10 Å². The molecule has 3 nitrogen and oxygen atoms in total. The van der Waals surface area contributed by atoms with Crippen LogP contribution in [0.3, 0.4) is 0 Å². The first-order chi connectivity index (χ1) is 9.65. The lowest BCUT2D eigenvalue weighted by molar-refractivity contribution is 0.154. The van der Waals surface area contributed by atoms with Gasteiger partial charge in [0, 0.05) is 6.54 Å². The van der Waals surface area contributed by atoms with Gasteiger partial charge in [0.05, 0.1) is 6.10 Å². The minimum atomic E-state index is -0.428. The van der Waals surface area contributed by atoms with Gasteiger partial charge >= 0.3 is 0 Å². The normalized spacial score (nSPS) is 12.4. The Morgan fingerprint density at radius 3 is 2.15 bits per heavy atom. The summed E-state index contributed by atoms with van der Waals surface area (Å²) in [4.78, 5) is 2.07. The van der Waals surface area contributed by atoms with E-state index in [2.05, 4.69) is 4.90 Å². The lowest BCUT2D eigenvalue weighted by Gasteiger charge is -2.15. The Hall–Kier alpha value is -1.84. The second-order valence-corrected chi connectivity index (χ2v) is 5.09. The second kappa shape index (κ2) is 7.08. The number of aliphatic hydroxyl groups excluding tert-OH is 1. The lowest BCUT2D eigenvalue weighted by atomic mass is 10.1. The van der Waals surface area contributed by atoms with Crippen molar-refractivity contribution in [2.75, 3.05) is 20.6 Å².